The molecular formula is C28H20Cl3F3N8O2. The third-order valence-corrected chi connectivity index (χ3v) is 7.43. The molecule has 3 heterocycles. The second-order valence-corrected chi connectivity index (χ2v) is 10.7. The molecule has 10 nitrogen and oxygen atoms in total. The van der Waals surface area contributed by atoms with Crippen LogP contribution in [0.5, 0.6) is 0 Å². The van der Waals surface area contributed by atoms with Gasteiger partial charge in [-0.1, -0.05) is 59.1 Å². The first-order valence-corrected chi connectivity index (χ1v) is 13.9. The van der Waals surface area contributed by atoms with Crippen molar-refractivity contribution in [3.05, 3.63) is 115 Å². The number of carbonyl (C=O) groups excluding carboxylic acids is 2. The van der Waals surface area contributed by atoms with Crippen molar-refractivity contribution in [3.8, 4) is 5.82 Å². The van der Waals surface area contributed by atoms with Gasteiger partial charge in [-0.3, -0.25) is 9.59 Å². The predicted molar refractivity (Wildman–Crippen MR) is 155 cm³/mol. The predicted octanol–water partition coefficient (Wildman–Crippen LogP) is 5.94. The lowest BCUT2D eigenvalue weighted by atomic mass is 9.95. The number of halogens is 6. The maximum absolute atomic E-state index is 13.9. The minimum atomic E-state index is -4.79. The molecule has 0 fully saturated rings. The van der Waals surface area contributed by atoms with Crippen molar-refractivity contribution < 1.29 is 22.8 Å². The minimum absolute atomic E-state index is 0.00133. The van der Waals surface area contributed by atoms with Gasteiger partial charge in [0.25, 0.3) is 11.7 Å². The topological polar surface area (TPSA) is 120 Å². The zero-order valence-corrected chi connectivity index (χ0v) is 24.9. The van der Waals surface area contributed by atoms with Crippen LogP contribution in [0.15, 0.2) is 60.8 Å². The van der Waals surface area contributed by atoms with Crippen LogP contribution in [0.25, 0.3) is 5.82 Å². The van der Waals surface area contributed by atoms with E-state index >= 15 is 0 Å². The van der Waals surface area contributed by atoms with Gasteiger partial charge in [-0.15, -0.1) is 10.2 Å². The van der Waals surface area contributed by atoms with Crippen LogP contribution >= 0.6 is 34.8 Å². The van der Waals surface area contributed by atoms with Crippen LogP contribution < -0.4 is 5.32 Å². The van der Waals surface area contributed by atoms with Crippen molar-refractivity contribution in [1.82, 2.24) is 40.3 Å². The highest BCUT2D eigenvalue weighted by atomic mass is 35.5. The molecule has 5 rings (SSSR count). The van der Waals surface area contributed by atoms with E-state index in [1.165, 1.54) is 23.0 Å². The van der Waals surface area contributed by atoms with Gasteiger partial charge in [-0.25, -0.2) is 9.67 Å². The third kappa shape index (κ3) is 6.74. The monoisotopic (exact) mass is 662 g/mol. The first-order valence-electron chi connectivity index (χ1n) is 12.8. The van der Waals surface area contributed by atoms with Gasteiger partial charge in [-0.05, 0) is 59.2 Å². The molecule has 16 heteroatoms. The molecule has 0 aliphatic heterocycles. The van der Waals surface area contributed by atoms with Crippen LogP contribution in [0.4, 0.5) is 13.2 Å². The SMILES string of the molecule is Cc1ccc(Cl)c(C(=O)NCc2ccccc2Cl)c1CC(=O)c1cc(Cn2nnc(C(F)(F)F)n2)nn1-c1ncccc1Cl. The first-order chi connectivity index (χ1) is 20.9. The Balaban J connectivity index is 1.48. The number of benzene rings is 2. The quantitative estimate of drug-likeness (QED) is 0.194. The number of nitrogens with zero attached hydrogens (tertiary/aromatic N) is 7. The minimum Gasteiger partial charge on any atom is -0.348 e. The summed E-state index contributed by atoms with van der Waals surface area (Å²) in [6.07, 6.45) is -3.63. The average Bonchev–Trinajstić information content (AvgIpc) is 3.63. The molecule has 0 saturated heterocycles. The molecule has 5 aromatic rings. The first kappa shape index (κ1) is 31.1. The summed E-state index contributed by atoms with van der Waals surface area (Å²) in [6.45, 7) is 1.51. The molecule has 0 unspecified atom stereocenters. The molecule has 44 heavy (non-hydrogen) atoms. The van der Waals surface area contributed by atoms with Crippen LogP contribution in [-0.2, 0) is 25.7 Å². The number of amides is 1. The summed E-state index contributed by atoms with van der Waals surface area (Å²) in [5.74, 6) is -2.33. The maximum Gasteiger partial charge on any atom is 0.455 e. The second-order valence-electron chi connectivity index (χ2n) is 9.47. The maximum atomic E-state index is 13.9. The zero-order chi connectivity index (χ0) is 31.6. The number of alkyl halides is 3. The summed E-state index contributed by atoms with van der Waals surface area (Å²) in [5, 5.41) is 17.7. The molecule has 2 aromatic carbocycles. The Labute approximate surface area is 262 Å². The average molecular weight is 664 g/mol. The van der Waals surface area contributed by atoms with Gasteiger partial charge in [0.15, 0.2) is 11.6 Å². The van der Waals surface area contributed by atoms with E-state index in [-0.39, 0.29) is 52.3 Å². The molecule has 0 atom stereocenters. The van der Waals surface area contributed by atoms with Gasteiger partial charge < -0.3 is 5.32 Å². The summed E-state index contributed by atoms with van der Waals surface area (Å²) in [7, 11) is 0. The Hall–Kier alpha value is -4.33. The van der Waals surface area contributed by atoms with E-state index in [4.69, 9.17) is 34.8 Å². The smallest absolute Gasteiger partial charge is 0.348 e. The lowest BCUT2D eigenvalue weighted by Crippen LogP contribution is -2.26. The Kier molecular flexibility index (Phi) is 9.00. The summed E-state index contributed by atoms with van der Waals surface area (Å²) in [6, 6.07) is 14.8. The number of ketones is 1. The fourth-order valence-electron chi connectivity index (χ4n) is 4.32. The Morgan fingerprint density at radius 1 is 0.955 bits per heavy atom. The molecule has 1 amide bonds. The number of carbonyl (C=O) groups is 2. The molecule has 0 aliphatic rings. The van der Waals surface area contributed by atoms with Crippen molar-refractivity contribution in [2.24, 2.45) is 0 Å². The number of pyridine rings is 1. The molecule has 3 aromatic heterocycles. The van der Waals surface area contributed by atoms with E-state index in [9.17, 15) is 22.8 Å². The van der Waals surface area contributed by atoms with Gasteiger partial charge >= 0.3 is 6.18 Å². The second kappa shape index (κ2) is 12.7. The van der Waals surface area contributed by atoms with Crippen LogP contribution in [0.3, 0.4) is 0 Å². The van der Waals surface area contributed by atoms with Crippen LogP contribution in [0, 0.1) is 6.92 Å². The van der Waals surface area contributed by atoms with Crippen molar-refractivity contribution >= 4 is 46.5 Å². The molecular weight excluding hydrogens is 644 g/mol. The van der Waals surface area contributed by atoms with Gasteiger partial charge in [0.1, 0.15) is 12.2 Å². The Morgan fingerprint density at radius 3 is 2.41 bits per heavy atom. The number of aromatic nitrogens is 7. The van der Waals surface area contributed by atoms with E-state index in [0.29, 0.717) is 26.5 Å². The van der Waals surface area contributed by atoms with E-state index in [1.807, 2.05) is 0 Å². The number of hydrogen-bond donors (Lipinski definition) is 1. The van der Waals surface area contributed by atoms with Crippen molar-refractivity contribution in [2.45, 2.75) is 32.6 Å². The highest BCUT2D eigenvalue weighted by Crippen LogP contribution is 2.28. The standard InChI is InChI=1S/C28H20Cl3F3N8O2/c1-15-8-9-20(30)24(26(44)36-13-16-5-2-3-6-19(16)29)18(15)12-23(43)22-11-17(14-41-39-27(37-40-41)28(32,33)34)38-42(22)25-21(31)7-4-10-35-25/h2-11H,12-14H2,1H3,(H,36,44). The molecule has 1 N–H and O–H groups in total. The number of Topliss-reactive ketones (excluding diaryl/α,β-unsaturated/α-hetero) is 1. The van der Waals surface area contributed by atoms with E-state index in [2.05, 4.69) is 30.8 Å². The summed E-state index contributed by atoms with van der Waals surface area (Å²) in [4.78, 5) is 32.1. The van der Waals surface area contributed by atoms with E-state index in [1.54, 1.807) is 49.4 Å². The van der Waals surface area contributed by atoms with E-state index in [0.717, 1.165) is 0 Å². The summed E-state index contributed by atoms with van der Waals surface area (Å²) < 4.78 is 40.1. The lowest BCUT2D eigenvalue weighted by molar-refractivity contribution is -0.145. The van der Waals surface area contributed by atoms with Gasteiger partial charge in [-0.2, -0.15) is 23.1 Å². The Morgan fingerprint density at radius 2 is 1.70 bits per heavy atom. The molecule has 0 aliphatic carbocycles. The molecule has 0 saturated carbocycles. The van der Waals surface area contributed by atoms with Crippen LogP contribution in [-0.4, -0.2) is 46.7 Å². The normalized spacial score (nSPS) is 11.5. The number of nitrogens with one attached hydrogen (secondary N) is 1. The zero-order valence-electron chi connectivity index (χ0n) is 22.6. The highest BCUT2D eigenvalue weighted by molar-refractivity contribution is 6.34. The summed E-state index contributed by atoms with van der Waals surface area (Å²) in [5.41, 5.74) is 1.92. The summed E-state index contributed by atoms with van der Waals surface area (Å²) >= 11 is 19.0. The fourth-order valence-corrected chi connectivity index (χ4v) is 4.99. The van der Waals surface area contributed by atoms with Gasteiger partial charge in [0.2, 0.25) is 0 Å². The number of rotatable bonds is 9. The van der Waals surface area contributed by atoms with Crippen LogP contribution in [0.1, 0.15) is 49.1 Å². The number of hydrogen-bond acceptors (Lipinski definition) is 7. The van der Waals surface area contributed by atoms with Gasteiger partial charge in [0.05, 0.1) is 21.3 Å². The fraction of sp³-hybridized carbons (Fsp3) is 0.179. The lowest BCUT2D eigenvalue weighted by Gasteiger charge is -2.15. The molecule has 0 radical (unpaired) electrons. The molecule has 226 valence electrons. The van der Waals surface area contributed by atoms with Crippen molar-refractivity contribution in [2.75, 3.05) is 0 Å². The van der Waals surface area contributed by atoms with Crippen LogP contribution in [0.2, 0.25) is 15.1 Å². The largest absolute Gasteiger partial charge is 0.455 e. The third-order valence-electron chi connectivity index (χ3n) is 6.45. The van der Waals surface area contributed by atoms with Crippen molar-refractivity contribution in [1.29, 1.82) is 0 Å². The highest BCUT2D eigenvalue weighted by Gasteiger charge is 2.37. The number of aryl methyl sites for hydroxylation is 1. The van der Waals surface area contributed by atoms with Gasteiger partial charge in [0, 0.05) is 24.2 Å². The molecule has 0 spiro atoms. The Bertz CT molecular complexity index is 1870. The van der Waals surface area contributed by atoms with Crippen molar-refractivity contribution in [3.63, 3.8) is 0 Å². The molecule has 0 bridgehead atoms. The van der Waals surface area contributed by atoms with E-state index < -0.39 is 23.7 Å². The number of tetrazole rings is 1.